The van der Waals surface area contributed by atoms with Crippen LogP contribution in [0.4, 0.5) is 10.5 Å². The first-order chi connectivity index (χ1) is 17.7. The monoisotopic (exact) mass is 602 g/mol. The third-order valence-corrected chi connectivity index (χ3v) is 6.96. The summed E-state index contributed by atoms with van der Waals surface area (Å²) in [6, 6.07) is 14.6. The molecule has 0 bridgehead atoms. The number of hydrogen-bond acceptors (Lipinski definition) is 5. The molecule has 1 heterocycles. The molecule has 190 valence electrons. The molecule has 1 saturated heterocycles. The van der Waals surface area contributed by atoms with Crippen molar-refractivity contribution in [1.82, 2.24) is 5.32 Å². The molecule has 0 aliphatic carbocycles. The summed E-state index contributed by atoms with van der Waals surface area (Å²) in [7, 11) is 1.47. The van der Waals surface area contributed by atoms with Crippen molar-refractivity contribution < 1.29 is 23.9 Å². The third-order valence-electron chi connectivity index (χ3n) is 5.69. The van der Waals surface area contributed by atoms with Gasteiger partial charge in [-0.1, -0.05) is 64.3 Å². The van der Waals surface area contributed by atoms with Gasteiger partial charge in [-0.25, -0.2) is 9.69 Å². The number of urea groups is 1. The van der Waals surface area contributed by atoms with Gasteiger partial charge in [0.15, 0.2) is 11.5 Å². The minimum Gasteiger partial charge on any atom is -0.493 e. The van der Waals surface area contributed by atoms with Crippen LogP contribution < -0.4 is 19.7 Å². The van der Waals surface area contributed by atoms with Gasteiger partial charge in [0.1, 0.15) is 12.2 Å². The molecule has 10 heteroatoms. The molecule has 1 aliphatic heterocycles. The SMILES string of the molecule is CCc1ccc(N2C(=O)NC(=O)/C(=C/c3cc(OC)c(OCc4ccc(Cl)cc4Cl)cc3Br)C2=O)cc1. The van der Waals surface area contributed by atoms with Crippen molar-refractivity contribution in [3.8, 4) is 11.5 Å². The Balaban J connectivity index is 1.63. The maximum absolute atomic E-state index is 13.2. The van der Waals surface area contributed by atoms with Gasteiger partial charge in [0.25, 0.3) is 11.8 Å². The van der Waals surface area contributed by atoms with Gasteiger partial charge in [-0.05, 0) is 60.0 Å². The molecule has 3 aromatic carbocycles. The van der Waals surface area contributed by atoms with E-state index in [1.807, 2.05) is 19.1 Å². The van der Waals surface area contributed by atoms with E-state index in [2.05, 4.69) is 21.2 Å². The van der Waals surface area contributed by atoms with Gasteiger partial charge in [0, 0.05) is 20.1 Å². The number of amides is 4. The van der Waals surface area contributed by atoms with E-state index in [9.17, 15) is 14.4 Å². The van der Waals surface area contributed by atoms with E-state index in [0.29, 0.717) is 37.3 Å². The third kappa shape index (κ3) is 5.82. The zero-order valence-electron chi connectivity index (χ0n) is 19.8. The number of nitrogens with zero attached hydrogens (tertiary/aromatic N) is 1. The summed E-state index contributed by atoms with van der Waals surface area (Å²) in [5.74, 6) is -0.747. The Hall–Kier alpha value is -3.33. The van der Waals surface area contributed by atoms with Gasteiger partial charge >= 0.3 is 6.03 Å². The lowest BCUT2D eigenvalue weighted by Gasteiger charge is -2.26. The van der Waals surface area contributed by atoms with E-state index in [1.165, 1.54) is 13.2 Å². The zero-order chi connectivity index (χ0) is 26.7. The van der Waals surface area contributed by atoms with Crippen molar-refractivity contribution in [2.24, 2.45) is 0 Å². The van der Waals surface area contributed by atoms with Crippen molar-refractivity contribution in [2.45, 2.75) is 20.0 Å². The molecular formula is C27H21BrCl2N2O5. The molecule has 1 aliphatic rings. The summed E-state index contributed by atoms with van der Waals surface area (Å²) in [4.78, 5) is 39.3. The normalized spacial score (nSPS) is 14.7. The van der Waals surface area contributed by atoms with Crippen molar-refractivity contribution >= 4 is 68.7 Å². The van der Waals surface area contributed by atoms with E-state index in [4.69, 9.17) is 32.7 Å². The highest BCUT2D eigenvalue weighted by Crippen LogP contribution is 2.36. The zero-order valence-corrected chi connectivity index (χ0v) is 22.9. The second-order valence-electron chi connectivity index (χ2n) is 8.03. The predicted molar refractivity (Wildman–Crippen MR) is 146 cm³/mol. The fraction of sp³-hybridized carbons (Fsp3) is 0.148. The number of carbonyl (C=O) groups excluding carboxylic acids is 3. The average molecular weight is 604 g/mol. The molecule has 0 unspecified atom stereocenters. The van der Waals surface area contributed by atoms with Crippen LogP contribution in [0.2, 0.25) is 10.0 Å². The first kappa shape index (κ1) is 26.7. The van der Waals surface area contributed by atoms with Gasteiger partial charge in [-0.2, -0.15) is 0 Å². The number of nitrogens with one attached hydrogen (secondary N) is 1. The second kappa shape index (κ2) is 11.4. The van der Waals surface area contributed by atoms with Crippen molar-refractivity contribution in [2.75, 3.05) is 12.0 Å². The molecular weight excluding hydrogens is 583 g/mol. The highest BCUT2D eigenvalue weighted by atomic mass is 79.9. The van der Waals surface area contributed by atoms with Crippen LogP contribution in [0.25, 0.3) is 6.08 Å². The molecule has 0 spiro atoms. The molecule has 1 fully saturated rings. The number of methoxy groups -OCH3 is 1. The minimum atomic E-state index is -0.808. The highest BCUT2D eigenvalue weighted by molar-refractivity contribution is 9.10. The summed E-state index contributed by atoms with van der Waals surface area (Å²) < 4.78 is 11.9. The molecule has 7 nitrogen and oxygen atoms in total. The maximum Gasteiger partial charge on any atom is 0.335 e. The minimum absolute atomic E-state index is 0.161. The lowest BCUT2D eigenvalue weighted by Crippen LogP contribution is -2.54. The largest absolute Gasteiger partial charge is 0.493 e. The summed E-state index contributed by atoms with van der Waals surface area (Å²) in [6.45, 7) is 2.16. The van der Waals surface area contributed by atoms with Crippen LogP contribution in [0.5, 0.6) is 11.5 Å². The smallest absolute Gasteiger partial charge is 0.335 e. The molecule has 4 rings (SSSR count). The van der Waals surface area contributed by atoms with Crippen LogP contribution in [-0.2, 0) is 22.6 Å². The number of benzene rings is 3. The van der Waals surface area contributed by atoms with E-state index >= 15 is 0 Å². The molecule has 0 radical (unpaired) electrons. The number of ether oxygens (including phenoxy) is 2. The number of halogens is 3. The van der Waals surface area contributed by atoms with Crippen LogP contribution in [-0.4, -0.2) is 25.0 Å². The van der Waals surface area contributed by atoms with Crippen molar-refractivity contribution in [3.05, 3.63) is 91.4 Å². The van der Waals surface area contributed by atoms with Gasteiger partial charge in [-0.15, -0.1) is 0 Å². The summed E-state index contributed by atoms with van der Waals surface area (Å²) in [5.41, 5.74) is 2.42. The topological polar surface area (TPSA) is 84.9 Å². The lowest BCUT2D eigenvalue weighted by molar-refractivity contribution is -0.122. The molecule has 3 aromatic rings. The Morgan fingerprint density at radius 1 is 1.00 bits per heavy atom. The molecule has 0 atom stereocenters. The van der Waals surface area contributed by atoms with E-state index in [-0.39, 0.29) is 12.2 Å². The van der Waals surface area contributed by atoms with Gasteiger partial charge in [-0.3, -0.25) is 14.9 Å². The fourth-order valence-electron chi connectivity index (χ4n) is 3.66. The Kier molecular flexibility index (Phi) is 8.22. The van der Waals surface area contributed by atoms with Crippen LogP contribution in [0.15, 0.2) is 64.6 Å². The number of anilines is 1. The number of aryl methyl sites for hydroxylation is 1. The first-order valence-electron chi connectivity index (χ1n) is 11.2. The maximum atomic E-state index is 13.2. The predicted octanol–water partition coefficient (Wildman–Crippen LogP) is 6.57. The molecule has 4 amide bonds. The summed E-state index contributed by atoms with van der Waals surface area (Å²) >= 11 is 15.7. The number of barbiturate groups is 1. The Bertz CT molecular complexity index is 1420. The number of imide groups is 2. The summed E-state index contributed by atoms with van der Waals surface area (Å²) in [5, 5.41) is 3.22. The van der Waals surface area contributed by atoms with E-state index in [1.54, 1.807) is 42.5 Å². The molecule has 37 heavy (non-hydrogen) atoms. The van der Waals surface area contributed by atoms with Crippen molar-refractivity contribution in [3.63, 3.8) is 0 Å². The van der Waals surface area contributed by atoms with Gasteiger partial charge in [0.2, 0.25) is 0 Å². The number of hydrogen-bond donors (Lipinski definition) is 1. The van der Waals surface area contributed by atoms with E-state index < -0.39 is 17.8 Å². The van der Waals surface area contributed by atoms with Crippen LogP contribution >= 0.6 is 39.1 Å². The second-order valence-corrected chi connectivity index (χ2v) is 9.72. The lowest BCUT2D eigenvalue weighted by atomic mass is 10.1. The highest BCUT2D eigenvalue weighted by Gasteiger charge is 2.37. The van der Waals surface area contributed by atoms with Crippen LogP contribution in [0, 0.1) is 0 Å². The Morgan fingerprint density at radius 2 is 1.73 bits per heavy atom. The Labute approximate surface area is 232 Å². The van der Waals surface area contributed by atoms with Crippen LogP contribution in [0.3, 0.4) is 0 Å². The summed E-state index contributed by atoms with van der Waals surface area (Å²) in [6.07, 6.45) is 2.20. The van der Waals surface area contributed by atoms with Crippen molar-refractivity contribution in [1.29, 1.82) is 0 Å². The first-order valence-corrected chi connectivity index (χ1v) is 12.7. The molecule has 0 saturated carbocycles. The van der Waals surface area contributed by atoms with Crippen LogP contribution in [0.1, 0.15) is 23.6 Å². The van der Waals surface area contributed by atoms with E-state index in [0.717, 1.165) is 22.4 Å². The standard InChI is InChI=1S/C27H21BrCl2N2O5/c1-3-15-4-8-19(9-5-15)32-26(34)20(25(33)31-27(32)35)10-17-11-23(36-2)24(13-21(17)28)37-14-16-6-7-18(29)12-22(16)30/h4-13H,3,14H2,1-2H3,(H,31,33,35)/b20-10-. The molecule has 0 aromatic heterocycles. The fourth-order valence-corrected chi connectivity index (χ4v) is 4.56. The quantitative estimate of drug-likeness (QED) is 0.244. The average Bonchev–Trinajstić information content (AvgIpc) is 2.87. The van der Waals surface area contributed by atoms with Gasteiger partial charge in [0.05, 0.1) is 12.8 Å². The Morgan fingerprint density at radius 3 is 2.38 bits per heavy atom. The molecule has 1 N–H and O–H groups in total. The number of carbonyl (C=O) groups is 3. The number of rotatable bonds is 7. The van der Waals surface area contributed by atoms with Gasteiger partial charge < -0.3 is 9.47 Å².